The molecule has 0 spiro atoms. The number of amides is 1. The SMILES string of the molecule is CCOC(=O)CCC(=O)N[C@H]1c2ccccc2C[C@H]1O. The first-order valence-corrected chi connectivity index (χ1v) is 6.82. The van der Waals surface area contributed by atoms with Gasteiger partial charge in [0.05, 0.1) is 25.2 Å². The van der Waals surface area contributed by atoms with Gasteiger partial charge in [-0.1, -0.05) is 24.3 Å². The van der Waals surface area contributed by atoms with E-state index in [0.717, 1.165) is 11.1 Å². The van der Waals surface area contributed by atoms with Gasteiger partial charge in [-0.15, -0.1) is 0 Å². The number of aliphatic hydroxyl groups excluding tert-OH is 1. The molecule has 0 heterocycles. The molecule has 0 aliphatic heterocycles. The minimum absolute atomic E-state index is 0.0597. The summed E-state index contributed by atoms with van der Waals surface area (Å²) in [7, 11) is 0. The summed E-state index contributed by atoms with van der Waals surface area (Å²) < 4.78 is 4.77. The Balaban J connectivity index is 1.90. The van der Waals surface area contributed by atoms with E-state index < -0.39 is 6.10 Å². The van der Waals surface area contributed by atoms with Gasteiger partial charge in [0.15, 0.2) is 0 Å². The molecule has 2 atom stereocenters. The highest BCUT2D eigenvalue weighted by atomic mass is 16.5. The topological polar surface area (TPSA) is 75.6 Å². The van der Waals surface area contributed by atoms with Gasteiger partial charge in [-0.3, -0.25) is 9.59 Å². The Bertz CT molecular complexity index is 500. The first-order chi connectivity index (χ1) is 9.61. The van der Waals surface area contributed by atoms with Crippen molar-refractivity contribution < 1.29 is 19.4 Å². The van der Waals surface area contributed by atoms with Crippen molar-refractivity contribution in [3.05, 3.63) is 35.4 Å². The van der Waals surface area contributed by atoms with Crippen LogP contribution < -0.4 is 5.32 Å². The third kappa shape index (κ3) is 3.36. The van der Waals surface area contributed by atoms with Gasteiger partial charge in [0.1, 0.15) is 0 Å². The molecule has 2 rings (SSSR count). The van der Waals surface area contributed by atoms with E-state index >= 15 is 0 Å². The third-order valence-electron chi connectivity index (χ3n) is 3.38. The predicted molar refractivity (Wildman–Crippen MR) is 72.9 cm³/mol. The van der Waals surface area contributed by atoms with E-state index in [0.29, 0.717) is 13.0 Å². The van der Waals surface area contributed by atoms with Gasteiger partial charge in [0, 0.05) is 12.8 Å². The van der Waals surface area contributed by atoms with E-state index in [-0.39, 0.29) is 30.8 Å². The van der Waals surface area contributed by atoms with E-state index in [9.17, 15) is 14.7 Å². The van der Waals surface area contributed by atoms with Crippen LogP contribution in [0.5, 0.6) is 0 Å². The Labute approximate surface area is 117 Å². The van der Waals surface area contributed by atoms with Gasteiger partial charge >= 0.3 is 5.97 Å². The molecule has 0 radical (unpaired) electrons. The van der Waals surface area contributed by atoms with Crippen LogP contribution in [0.3, 0.4) is 0 Å². The molecule has 1 aromatic carbocycles. The molecule has 0 unspecified atom stereocenters. The highest BCUT2D eigenvalue weighted by Crippen LogP contribution is 2.31. The third-order valence-corrected chi connectivity index (χ3v) is 3.38. The van der Waals surface area contributed by atoms with Gasteiger partial charge in [-0.2, -0.15) is 0 Å². The van der Waals surface area contributed by atoms with Crippen molar-refractivity contribution in [1.29, 1.82) is 0 Å². The molecular weight excluding hydrogens is 258 g/mol. The molecule has 1 aromatic rings. The summed E-state index contributed by atoms with van der Waals surface area (Å²) in [6.07, 6.45) is 0.0619. The summed E-state index contributed by atoms with van der Waals surface area (Å²) in [5.41, 5.74) is 2.00. The van der Waals surface area contributed by atoms with Crippen molar-refractivity contribution in [3.8, 4) is 0 Å². The van der Waals surface area contributed by atoms with Crippen LogP contribution in [0.1, 0.15) is 36.9 Å². The standard InChI is InChI=1S/C15H19NO4/c1-2-20-14(19)8-7-13(18)16-15-11-6-4-3-5-10(11)9-12(15)17/h3-6,12,15,17H,2,7-9H2,1H3,(H,16,18)/t12-,15+/m1/s1. The summed E-state index contributed by atoms with van der Waals surface area (Å²) in [5, 5.41) is 12.8. The lowest BCUT2D eigenvalue weighted by atomic mass is 10.1. The number of hydrogen-bond acceptors (Lipinski definition) is 4. The second kappa shape index (κ2) is 6.52. The molecule has 1 aliphatic carbocycles. The Morgan fingerprint density at radius 2 is 2.10 bits per heavy atom. The van der Waals surface area contributed by atoms with Crippen LogP contribution in [-0.4, -0.2) is 29.7 Å². The summed E-state index contributed by atoms with van der Waals surface area (Å²) in [5.74, 6) is -0.631. The van der Waals surface area contributed by atoms with Gasteiger partial charge in [-0.05, 0) is 18.1 Å². The Kier molecular flexibility index (Phi) is 4.74. The van der Waals surface area contributed by atoms with E-state index in [4.69, 9.17) is 4.74 Å². The Hall–Kier alpha value is -1.88. The number of carbonyl (C=O) groups excluding carboxylic acids is 2. The molecule has 0 saturated carbocycles. The van der Waals surface area contributed by atoms with E-state index in [1.165, 1.54) is 0 Å². The molecule has 0 fully saturated rings. The molecular formula is C15H19NO4. The van der Waals surface area contributed by atoms with Crippen molar-refractivity contribution in [2.45, 2.75) is 38.3 Å². The molecule has 108 valence electrons. The number of aliphatic hydroxyl groups is 1. The number of hydrogen-bond donors (Lipinski definition) is 2. The first-order valence-electron chi connectivity index (χ1n) is 6.82. The van der Waals surface area contributed by atoms with Crippen molar-refractivity contribution in [1.82, 2.24) is 5.32 Å². The molecule has 5 heteroatoms. The zero-order valence-corrected chi connectivity index (χ0v) is 11.5. The number of esters is 1. The van der Waals surface area contributed by atoms with E-state index in [2.05, 4.69) is 5.32 Å². The van der Waals surface area contributed by atoms with Gasteiger partial charge in [0.2, 0.25) is 5.91 Å². The lowest BCUT2D eigenvalue weighted by molar-refractivity contribution is -0.144. The lowest BCUT2D eigenvalue weighted by Crippen LogP contribution is -2.34. The molecule has 0 bridgehead atoms. The maximum Gasteiger partial charge on any atom is 0.306 e. The summed E-state index contributed by atoms with van der Waals surface area (Å²) >= 11 is 0. The van der Waals surface area contributed by atoms with Crippen molar-refractivity contribution in [3.63, 3.8) is 0 Å². The lowest BCUT2D eigenvalue weighted by Gasteiger charge is -2.17. The van der Waals surface area contributed by atoms with Crippen LogP contribution in [0.25, 0.3) is 0 Å². The number of fused-ring (bicyclic) bond motifs is 1. The smallest absolute Gasteiger partial charge is 0.306 e. The highest BCUT2D eigenvalue weighted by Gasteiger charge is 2.31. The fraction of sp³-hybridized carbons (Fsp3) is 0.467. The molecule has 2 N–H and O–H groups in total. The van der Waals surface area contributed by atoms with Gasteiger partial charge in [0.25, 0.3) is 0 Å². The van der Waals surface area contributed by atoms with Crippen molar-refractivity contribution in [2.75, 3.05) is 6.61 Å². The predicted octanol–water partition coefficient (Wildman–Crippen LogP) is 1.10. The van der Waals surface area contributed by atoms with E-state index in [1.54, 1.807) is 6.92 Å². The second-order valence-corrected chi connectivity index (χ2v) is 4.82. The quantitative estimate of drug-likeness (QED) is 0.790. The maximum atomic E-state index is 11.8. The normalized spacial score (nSPS) is 20.3. The molecule has 1 amide bonds. The minimum atomic E-state index is -0.612. The largest absolute Gasteiger partial charge is 0.466 e. The summed E-state index contributed by atoms with van der Waals surface area (Å²) in [6.45, 7) is 2.04. The zero-order valence-electron chi connectivity index (χ0n) is 11.5. The fourth-order valence-corrected chi connectivity index (χ4v) is 2.44. The highest BCUT2D eigenvalue weighted by molar-refractivity contribution is 5.81. The fourth-order valence-electron chi connectivity index (χ4n) is 2.44. The van der Waals surface area contributed by atoms with Crippen molar-refractivity contribution >= 4 is 11.9 Å². The second-order valence-electron chi connectivity index (χ2n) is 4.82. The van der Waals surface area contributed by atoms with Gasteiger partial charge < -0.3 is 15.2 Å². The molecule has 5 nitrogen and oxygen atoms in total. The average molecular weight is 277 g/mol. The Morgan fingerprint density at radius 1 is 1.35 bits per heavy atom. The first kappa shape index (κ1) is 14.5. The average Bonchev–Trinajstić information content (AvgIpc) is 2.73. The summed E-state index contributed by atoms with van der Waals surface area (Å²) in [6, 6.07) is 7.26. The molecule has 20 heavy (non-hydrogen) atoms. The maximum absolute atomic E-state index is 11.8. The van der Waals surface area contributed by atoms with Crippen LogP contribution in [0, 0.1) is 0 Å². The Morgan fingerprint density at radius 3 is 2.85 bits per heavy atom. The number of ether oxygens (including phenoxy) is 1. The van der Waals surface area contributed by atoms with Crippen LogP contribution in [0.15, 0.2) is 24.3 Å². The molecule has 0 saturated heterocycles. The van der Waals surface area contributed by atoms with E-state index in [1.807, 2.05) is 24.3 Å². The minimum Gasteiger partial charge on any atom is -0.466 e. The van der Waals surface area contributed by atoms with Crippen LogP contribution in [0.2, 0.25) is 0 Å². The monoisotopic (exact) mass is 277 g/mol. The number of carbonyl (C=O) groups is 2. The van der Waals surface area contributed by atoms with Gasteiger partial charge in [-0.25, -0.2) is 0 Å². The zero-order chi connectivity index (χ0) is 14.5. The van der Waals surface area contributed by atoms with Crippen molar-refractivity contribution in [2.24, 2.45) is 0 Å². The number of rotatable bonds is 5. The van der Waals surface area contributed by atoms with Crippen LogP contribution >= 0.6 is 0 Å². The molecule has 0 aromatic heterocycles. The summed E-state index contributed by atoms with van der Waals surface area (Å²) in [4.78, 5) is 23.0. The van der Waals surface area contributed by atoms with Crippen LogP contribution in [-0.2, 0) is 20.7 Å². The molecule has 1 aliphatic rings. The number of benzene rings is 1. The number of nitrogens with one attached hydrogen (secondary N) is 1. The van der Waals surface area contributed by atoms with Crippen LogP contribution in [0.4, 0.5) is 0 Å².